The van der Waals surface area contributed by atoms with Crippen LogP contribution in [-0.4, -0.2) is 20.9 Å². The van der Waals surface area contributed by atoms with E-state index in [0.717, 1.165) is 29.4 Å². The zero-order valence-electron chi connectivity index (χ0n) is 8.97. The standard InChI is InChI=1S/C12H12N2O2/c1-14-9-4-2-3-8(12(15)16)10(9)11(13-14)7-5-6-7/h2-4,7H,5-6H2,1H3,(H,15,16). The van der Waals surface area contributed by atoms with Gasteiger partial charge in [-0.25, -0.2) is 4.79 Å². The summed E-state index contributed by atoms with van der Waals surface area (Å²) in [6.07, 6.45) is 2.25. The normalized spacial score (nSPS) is 15.6. The van der Waals surface area contributed by atoms with Crippen LogP contribution in [0.5, 0.6) is 0 Å². The highest BCUT2D eigenvalue weighted by atomic mass is 16.4. The summed E-state index contributed by atoms with van der Waals surface area (Å²) in [5.74, 6) is -0.412. The van der Waals surface area contributed by atoms with Gasteiger partial charge in [-0.1, -0.05) is 6.07 Å². The third-order valence-electron chi connectivity index (χ3n) is 3.10. The number of benzene rings is 1. The molecule has 3 rings (SSSR count). The largest absolute Gasteiger partial charge is 0.478 e. The number of carboxylic acids is 1. The van der Waals surface area contributed by atoms with Gasteiger partial charge in [0.15, 0.2) is 0 Å². The number of aromatic nitrogens is 2. The van der Waals surface area contributed by atoms with Gasteiger partial charge in [0.2, 0.25) is 0 Å². The van der Waals surface area contributed by atoms with Gasteiger partial charge in [0.05, 0.1) is 16.8 Å². The quantitative estimate of drug-likeness (QED) is 0.836. The molecule has 1 aromatic heterocycles. The molecular formula is C12H12N2O2. The third-order valence-corrected chi connectivity index (χ3v) is 3.10. The summed E-state index contributed by atoms with van der Waals surface area (Å²) in [5.41, 5.74) is 2.23. The van der Waals surface area contributed by atoms with Gasteiger partial charge in [0, 0.05) is 18.4 Å². The van der Waals surface area contributed by atoms with Crippen LogP contribution in [0.2, 0.25) is 0 Å². The highest BCUT2D eigenvalue weighted by molar-refractivity contribution is 6.04. The molecule has 1 fully saturated rings. The lowest BCUT2D eigenvalue weighted by molar-refractivity contribution is 0.0699. The molecule has 2 aromatic rings. The van der Waals surface area contributed by atoms with E-state index in [1.54, 1.807) is 16.8 Å². The maximum absolute atomic E-state index is 11.2. The Labute approximate surface area is 92.5 Å². The van der Waals surface area contributed by atoms with Crippen molar-refractivity contribution in [2.24, 2.45) is 7.05 Å². The van der Waals surface area contributed by atoms with E-state index in [2.05, 4.69) is 5.10 Å². The Morgan fingerprint density at radius 3 is 2.88 bits per heavy atom. The first-order valence-corrected chi connectivity index (χ1v) is 5.37. The molecular weight excluding hydrogens is 204 g/mol. The zero-order chi connectivity index (χ0) is 11.3. The topological polar surface area (TPSA) is 55.1 Å². The van der Waals surface area contributed by atoms with Crippen LogP contribution < -0.4 is 0 Å². The number of nitrogens with zero attached hydrogens (tertiary/aromatic N) is 2. The predicted molar refractivity (Wildman–Crippen MR) is 59.6 cm³/mol. The van der Waals surface area contributed by atoms with Gasteiger partial charge in [-0.3, -0.25) is 4.68 Å². The molecule has 0 atom stereocenters. The van der Waals surface area contributed by atoms with Gasteiger partial charge in [-0.15, -0.1) is 0 Å². The second-order valence-electron chi connectivity index (χ2n) is 4.29. The van der Waals surface area contributed by atoms with Crippen molar-refractivity contribution in [2.75, 3.05) is 0 Å². The maximum Gasteiger partial charge on any atom is 0.336 e. The molecule has 0 amide bonds. The molecule has 1 saturated carbocycles. The Morgan fingerprint density at radius 2 is 2.25 bits per heavy atom. The minimum Gasteiger partial charge on any atom is -0.478 e. The molecule has 1 aliphatic rings. The smallest absolute Gasteiger partial charge is 0.336 e. The van der Waals surface area contributed by atoms with Crippen molar-refractivity contribution >= 4 is 16.9 Å². The fourth-order valence-corrected chi connectivity index (χ4v) is 2.17. The molecule has 4 nitrogen and oxygen atoms in total. The van der Waals surface area contributed by atoms with E-state index >= 15 is 0 Å². The Kier molecular flexibility index (Phi) is 1.80. The summed E-state index contributed by atoms with van der Waals surface area (Å²) in [5, 5.41) is 14.4. The van der Waals surface area contributed by atoms with E-state index in [1.807, 2.05) is 13.1 Å². The first kappa shape index (κ1) is 9.39. The van der Waals surface area contributed by atoms with Gasteiger partial charge in [-0.2, -0.15) is 5.10 Å². The zero-order valence-corrected chi connectivity index (χ0v) is 8.97. The molecule has 0 spiro atoms. The van der Waals surface area contributed by atoms with E-state index in [9.17, 15) is 9.90 Å². The van der Waals surface area contributed by atoms with E-state index in [0.29, 0.717) is 11.5 Å². The van der Waals surface area contributed by atoms with E-state index in [1.165, 1.54) is 0 Å². The van der Waals surface area contributed by atoms with Gasteiger partial charge in [0.1, 0.15) is 0 Å². The van der Waals surface area contributed by atoms with E-state index in [4.69, 9.17) is 0 Å². The van der Waals surface area contributed by atoms with Crippen molar-refractivity contribution < 1.29 is 9.90 Å². The number of carboxylic acid groups (broad SMARTS) is 1. The Bertz CT molecular complexity index is 582. The molecule has 0 radical (unpaired) electrons. The maximum atomic E-state index is 11.2. The van der Waals surface area contributed by atoms with Gasteiger partial charge < -0.3 is 5.11 Å². The number of hydrogen-bond donors (Lipinski definition) is 1. The van der Waals surface area contributed by atoms with Crippen molar-refractivity contribution in [3.8, 4) is 0 Å². The van der Waals surface area contributed by atoms with Gasteiger partial charge >= 0.3 is 5.97 Å². The molecule has 4 heteroatoms. The fraction of sp³-hybridized carbons (Fsp3) is 0.333. The first-order valence-electron chi connectivity index (χ1n) is 5.37. The molecule has 1 aliphatic carbocycles. The second kappa shape index (κ2) is 3.07. The van der Waals surface area contributed by atoms with E-state index in [-0.39, 0.29) is 0 Å². The van der Waals surface area contributed by atoms with Crippen LogP contribution in [0, 0.1) is 0 Å². The molecule has 1 N–H and O–H groups in total. The Morgan fingerprint density at radius 1 is 1.50 bits per heavy atom. The van der Waals surface area contributed by atoms with Crippen LogP contribution in [0.3, 0.4) is 0 Å². The van der Waals surface area contributed by atoms with Crippen LogP contribution in [0.15, 0.2) is 18.2 Å². The molecule has 0 unspecified atom stereocenters. The van der Waals surface area contributed by atoms with Crippen molar-refractivity contribution in [3.63, 3.8) is 0 Å². The lowest BCUT2D eigenvalue weighted by atomic mass is 10.1. The molecule has 1 aromatic carbocycles. The number of hydrogen-bond acceptors (Lipinski definition) is 2. The first-order chi connectivity index (χ1) is 7.68. The lowest BCUT2D eigenvalue weighted by Crippen LogP contribution is -1.97. The number of fused-ring (bicyclic) bond motifs is 1. The monoisotopic (exact) mass is 216 g/mol. The highest BCUT2D eigenvalue weighted by Crippen LogP contribution is 2.43. The summed E-state index contributed by atoms with van der Waals surface area (Å²) >= 11 is 0. The average molecular weight is 216 g/mol. The molecule has 82 valence electrons. The average Bonchev–Trinajstić information content (AvgIpc) is 3.04. The van der Waals surface area contributed by atoms with Crippen LogP contribution in [-0.2, 0) is 7.05 Å². The number of carbonyl (C=O) groups is 1. The summed E-state index contributed by atoms with van der Waals surface area (Å²) < 4.78 is 1.77. The van der Waals surface area contributed by atoms with Crippen LogP contribution in [0.4, 0.5) is 0 Å². The van der Waals surface area contributed by atoms with Crippen molar-refractivity contribution in [1.29, 1.82) is 0 Å². The molecule has 16 heavy (non-hydrogen) atoms. The van der Waals surface area contributed by atoms with Crippen LogP contribution in [0.25, 0.3) is 10.9 Å². The van der Waals surface area contributed by atoms with Gasteiger partial charge in [-0.05, 0) is 25.0 Å². The SMILES string of the molecule is Cn1nc(C2CC2)c2c(C(=O)O)cccc21. The second-order valence-corrected chi connectivity index (χ2v) is 4.29. The summed E-state index contributed by atoms with van der Waals surface area (Å²) in [4.78, 5) is 11.2. The van der Waals surface area contributed by atoms with E-state index < -0.39 is 5.97 Å². The summed E-state index contributed by atoms with van der Waals surface area (Å²) in [7, 11) is 1.86. The van der Waals surface area contributed by atoms with Crippen molar-refractivity contribution in [3.05, 3.63) is 29.5 Å². The van der Waals surface area contributed by atoms with Crippen molar-refractivity contribution in [1.82, 2.24) is 9.78 Å². The molecule has 1 heterocycles. The summed E-state index contributed by atoms with van der Waals surface area (Å²) in [6.45, 7) is 0. The Hall–Kier alpha value is -1.84. The minimum atomic E-state index is -0.875. The van der Waals surface area contributed by atoms with Crippen molar-refractivity contribution in [2.45, 2.75) is 18.8 Å². The Balaban J connectivity index is 2.38. The minimum absolute atomic E-state index is 0.368. The third kappa shape index (κ3) is 1.23. The lowest BCUT2D eigenvalue weighted by Gasteiger charge is -1.99. The van der Waals surface area contributed by atoms with Crippen LogP contribution >= 0.6 is 0 Å². The van der Waals surface area contributed by atoms with Crippen LogP contribution in [0.1, 0.15) is 34.8 Å². The predicted octanol–water partition coefficient (Wildman–Crippen LogP) is 2.15. The molecule has 0 saturated heterocycles. The number of aromatic carboxylic acids is 1. The van der Waals surface area contributed by atoms with Gasteiger partial charge in [0.25, 0.3) is 0 Å². The summed E-state index contributed by atoms with van der Waals surface area (Å²) in [6, 6.07) is 5.34. The fourth-order valence-electron chi connectivity index (χ4n) is 2.17. The molecule has 0 aliphatic heterocycles. The number of aryl methyl sites for hydroxylation is 1. The molecule has 0 bridgehead atoms. The number of rotatable bonds is 2. The highest BCUT2D eigenvalue weighted by Gasteiger charge is 2.30.